The van der Waals surface area contributed by atoms with Gasteiger partial charge in [-0.05, 0) is 12.1 Å². The highest BCUT2D eigenvalue weighted by Gasteiger charge is 2.35. The molecule has 8 heteroatoms. The number of hydrogen-bond acceptors (Lipinski definition) is 5. The number of anilines is 1. The molecule has 1 aliphatic rings. The van der Waals surface area contributed by atoms with Gasteiger partial charge in [0.25, 0.3) is 11.8 Å². The Hall–Kier alpha value is -3.29. The minimum absolute atomic E-state index is 0.0211. The summed E-state index contributed by atoms with van der Waals surface area (Å²) in [5, 5.41) is 10.6. The Morgan fingerprint density at radius 3 is 2.23 bits per heavy atom. The third kappa shape index (κ3) is 2.37. The second-order valence-electron chi connectivity index (χ2n) is 4.57. The van der Waals surface area contributed by atoms with E-state index in [0.29, 0.717) is 16.8 Å². The second-order valence-corrected chi connectivity index (χ2v) is 4.57. The standard InChI is InChI=1S/C14H10N4O4/c19-12-9-3-1-2-4-10(9)13(20)18(12)7-8-5-16-11(6-15-8)17-14(21)22/h1-6H,7H2,(H,16,17)(H,21,22). The highest BCUT2D eigenvalue weighted by Crippen LogP contribution is 2.23. The summed E-state index contributed by atoms with van der Waals surface area (Å²) in [5.41, 5.74) is 1.11. The first kappa shape index (κ1) is 13.7. The summed E-state index contributed by atoms with van der Waals surface area (Å²) in [5.74, 6) is -0.691. The summed E-state index contributed by atoms with van der Waals surface area (Å²) in [6.45, 7) is -0.0211. The van der Waals surface area contributed by atoms with Crippen molar-refractivity contribution in [3.63, 3.8) is 0 Å². The highest BCUT2D eigenvalue weighted by atomic mass is 16.4. The van der Waals surface area contributed by atoms with Crippen molar-refractivity contribution in [2.45, 2.75) is 6.54 Å². The van der Waals surface area contributed by atoms with E-state index in [1.165, 1.54) is 12.4 Å². The number of fused-ring (bicyclic) bond motifs is 1. The number of benzene rings is 1. The Morgan fingerprint density at radius 1 is 1.09 bits per heavy atom. The van der Waals surface area contributed by atoms with E-state index >= 15 is 0 Å². The molecule has 0 unspecified atom stereocenters. The van der Waals surface area contributed by atoms with Gasteiger partial charge in [0.2, 0.25) is 0 Å². The lowest BCUT2D eigenvalue weighted by Crippen LogP contribution is -2.29. The molecule has 2 aromatic rings. The maximum atomic E-state index is 12.2. The molecular formula is C14H10N4O4. The zero-order chi connectivity index (χ0) is 15.7. The van der Waals surface area contributed by atoms with Crippen molar-refractivity contribution in [1.29, 1.82) is 0 Å². The van der Waals surface area contributed by atoms with Crippen LogP contribution >= 0.6 is 0 Å². The molecule has 3 amide bonds. The van der Waals surface area contributed by atoms with Gasteiger partial charge in [-0.3, -0.25) is 24.8 Å². The first-order chi connectivity index (χ1) is 10.6. The van der Waals surface area contributed by atoms with E-state index in [-0.39, 0.29) is 24.2 Å². The molecular weight excluding hydrogens is 288 g/mol. The predicted octanol–water partition coefficient (Wildman–Crippen LogP) is 1.36. The van der Waals surface area contributed by atoms with Crippen molar-refractivity contribution < 1.29 is 19.5 Å². The molecule has 1 aromatic carbocycles. The molecule has 1 aromatic heterocycles. The van der Waals surface area contributed by atoms with Crippen LogP contribution in [0.1, 0.15) is 26.4 Å². The van der Waals surface area contributed by atoms with E-state index < -0.39 is 6.09 Å². The lowest BCUT2D eigenvalue weighted by molar-refractivity contribution is 0.0640. The molecule has 1 aliphatic heterocycles. The van der Waals surface area contributed by atoms with Crippen LogP contribution in [0.4, 0.5) is 10.6 Å². The molecule has 0 spiro atoms. The van der Waals surface area contributed by atoms with E-state index in [1.54, 1.807) is 24.3 Å². The third-order valence-electron chi connectivity index (χ3n) is 3.14. The minimum Gasteiger partial charge on any atom is -0.465 e. The van der Waals surface area contributed by atoms with Crippen molar-refractivity contribution in [3.8, 4) is 0 Å². The molecule has 0 saturated heterocycles. The maximum absolute atomic E-state index is 12.2. The number of nitrogens with zero attached hydrogens (tertiary/aromatic N) is 3. The van der Waals surface area contributed by atoms with E-state index in [4.69, 9.17) is 5.11 Å². The topological polar surface area (TPSA) is 112 Å². The molecule has 0 aliphatic carbocycles. The molecule has 0 radical (unpaired) electrons. The smallest absolute Gasteiger partial charge is 0.410 e. The van der Waals surface area contributed by atoms with Crippen LogP contribution in [-0.4, -0.2) is 37.9 Å². The quantitative estimate of drug-likeness (QED) is 0.827. The van der Waals surface area contributed by atoms with Crippen LogP contribution in [0.3, 0.4) is 0 Å². The first-order valence-electron chi connectivity index (χ1n) is 6.32. The Kier molecular flexibility index (Phi) is 3.26. The number of nitrogens with one attached hydrogen (secondary N) is 1. The fourth-order valence-corrected chi connectivity index (χ4v) is 2.16. The van der Waals surface area contributed by atoms with Crippen molar-refractivity contribution in [2.24, 2.45) is 0 Å². The summed E-state index contributed by atoms with van der Waals surface area (Å²) < 4.78 is 0. The lowest BCUT2D eigenvalue weighted by Gasteiger charge is -2.12. The van der Waals surface area contributed by atoms with Gasteiger partial charge in [-0.25, -0.2) is 9.78 Å². The fraction of sp³-hybridized carbons (Fsp3) is 0.0714. The Labute approximate surface area is 124 Å². The van der Waals surface area contributed by atoms with Gasteiger partial charge in [0.15, 0.2) is 5.82 Å². The largest absolute Gasteiger partial charge is 0.465 e. The average molecular weight is 298 g/mol. The number of carbonyl (C=O) groups is 3. The zero-order valence-corrected chi connectivity index (χ0v) is 11.2. The summed E-state index contributed by atoms with van der Waals surface area (Å²) in [4.78, 5) is 43.8. The van der Waals surface area contributed by atoms with Crippen LogP contribution in [0.25, 0.3) is 0 Å². The fourth-order valence-electron chi connectivity index (χ4n) is 2.16. The van der Waals surface area contributed by atoms with Crippen LogP contribution in [0.2, 0.25) is 0 Å². The molecule has 0 bridgehead atoms. The Balaban J connectivity index is 1.78. The van der Waals surface area contributed by atoms with Crippen molar-refractivity contribution in [2.75, 3.05) is 5.32 Å². The van der Waals surface area contributed by atoms with Gasteiger partial charge in [-0.2, -0.15) is 0 Å². The average Bonchev–Trinajstić information content (AvgIpc) is 2.74. The highest BCUT2D eigenvalue weighted by molar-refractivity contribution is 6.21. The number of aromatic nitrogens is 2. The van der Waals surface area contributed by atoms with Crippen LogP contribution in [0.5, 0.6) is 0 Å². The van der Waals surface area contributed by atoms with Gasteiger partial charge in [-0.15, -0.1) is 0 Å². The molecule has 110 valence electrons. The third-order valence-corrected chi connectivity index (χ3v) is 3.14. The molecule has 0 fully saturated rings. The van der Waals surface area contributed by atoms with Gasteiger partial charge < -0.3 is 5.11 Å². The number of hydrogen-bond donors (Lipinski definition) is 2. The number of imide groups is 1. The van der Waals surface area contributed by atoms with Gasteiger partial charge in [0.1, 0.15) is 0 Å². The van der Waals surface area contributed by atoms with Crippen LogP contribution < -0.4 is 5.32 Å². The van der Waals surface area contributed by atoms with Crippen molar-refractivity contribution >= 4 is 23.7 Å². The number of rotatable bonds is 3. The van der Waals surface area contributed by atoms with Gasteiger partial charge in [0, 0.05) is 0 Å². The molecule has 22 heavy (non-hydrogen) atoms. The predicted molar refractivity (Wildman–Crippen MR) is 74.3 cm³/mol. The summed E-state index contributed by atoms with van der Waals surface area (Å²) >= 11 is 0. The SMILES string of the molecule is O=C(O)Nc1cnc(CN2C(=O)c3ccccc3C2=O)cn1. The summed E-state index contributed by atoms with van der Waals surface area (Å²) in [7, 11) is 0. The first-order valence-corrected chi connectivity index (χ1v) is 6.32. The molecule has 2 heterocycles. The van der Waals surface area contributed by atoms with Crippen LogP contribution in [0, 0.1) is 0 Å². The summed E-state index contributed by atoms with van der Waals surface area (Å²) in [6.07, 6.45) is 1.29. The zero-order valence-electron chi connectivity index (χ0n) is 11.2. The number of amides is 3. The molecule has 0 saturated carbocycles. The lowest BCUT2D eigenvalue weighted by atomic mass is 10.1. The van der Waals surface area contributed by atoms with Gasteiger partial charge >= 0.3 is 6.09 Å². The van der Waals surface area contributed by atoms with Crippen molar-refractivity contribution in [3.05, 3.63) is 53.5 Å². The Morgan fingerprint density at radius 2 is 1.73 bits per heavy atom. The number of carbonyl (C=O) groups excluding carboxylic acids is 2. The van der Waals surface area contributed by atoms with E-state index in [1.807, 2.05) is 0 Å². The summed E-state index contributed by atoms with van der Waals surface area (Å²) in [6, 6.07) is 6.58. The molecule has 0 atom stereocenters. The van der Waals surface area contributed by atoms with Crippen molar-refractivity contribution in [1.82, 2.24) is 14.9 Å². The van der Waals surface area contributed by atoms with E-state index in [2.05, 4.69) is 15.3 Å². The van der Waals surface area contributed by atoms with Gasteiger partial charge in [-0.1, -0.05) is 12.1 Å². The van der Waals surface area contributed by atoms with E-state index in [9.17, 15) is 14.4 Å². The molecule has 3 rings (SSSR count). The monoisotopic (exact) mass is 298 g/mol. The van der Waals surface area contributed by atoms with E-state index in [0.717, 1.165) is 4.90 Å². The molecule has 8 nitrogen and oxygen atoms in total. The van der Waals surface area contributed by atoms with Crippen LogP contribution in [0.15, 0.2) is 36.7 Å². The van der Waals surface area contributed by atoms with Gasteiger partial charge in [0.05, 0.1) is 35.8 Å². The maximum Gasteiger partial charge on any atom is 0.410 e. The molecule has 2 N–H and O–H groups in total. The number of carboxylic acid groups (broad SMARTS) is 1. The minimum atomic E-state index is -1.25. The normalized spacial score (nSPS) is 13.2. The Bertz CT molecular complexity index is 738. The van der Waals surface area contributed by atoms with Crippen LogP contribution in [-0.2, 0) is 6.54 Å². The second kappa shape index (κ2) is 5.24.